The van der Waals surface area contributed by atoms with Crippen molar-refractivity contribution in [3.05, 3.63) is 66.4 Å². The van der Waals surface area contributed by atoms with E-state index in [0.717, 1.165) is 29.8 Å². The molecule has 1 atom stereocenters. The number of carbonyl (C=O) groups is 1. The molecular formula is C20H20N4O2. The smallest absolute Gasteiger partial charge is 0.253 e. The first kappa shape index (κ1) is 16.5. The lowest BCUT2D eigenvalue weighted by atomic mass is 10.1. The summed E-state index contributed by atoms with van der Waals surface area (Å²) in [6.07, 6.45) is 3.28. The van der Waals surface area contributed by atoms with Gasteiger partial charge in [0.1, 0.15) is 11.8 Å². The van der Waals surface area contributed by atoms with Gasteiger partial charge in [0.2, 0.25) is 0 Å². The molecule has 0 spiro atoms. The predicted molar refractivity (Wildman–Crippen MR) is 98.6 cm³/mol. The third kappa shape index (κ3) is 3.81. The summed E-state index contributed by atoms with van der Waals surface area (Å²) in [7, 11) is 0. The van der Waals surface area contributed by atoms with E-state index >= 15 is 0 Å². The Bertz CT molecular complexity index is 886. The molecule has 1 saturated heterocycles. The molecule has 0 aliphatic carbocycles. The van der Waals surface area contributed by atoms with Gasteiger partial charge in [0.05, 0.1) is 12.7 Å². The molecule has 0 unspecified atom stereocenters. The Morgan fingerprint density at radius 1 is 1.19 bits per heavy atom. The van der Waals surface area contributed by atoms with E-state index in [4.69, 9.17) is 4.74 Å². The number of carbonyl (C=O) groups excluding carboxylic acids is 1. The lowest BCUT2D eigenvalue weighted by Gasteiger charge is -2.10. The summed E-state index contributed by atoms with van der Waals surface area (Å²) in [5.74, 6) is -0.0904. The van der Waals surface area contributed by atoms with E-state index in [0.29, 0.717) is 13.2 Å². The fraction of sp³-hybridized carbons (Fsp3) is 0.250. The highest BCUT2D eigenvalue weighted by Crippen LogP contribution is 2.22. The molecule has 1 N–H and O–H groups in total. The van der Waals surface area contributed by atoms with Crippen molar-refractivity contribution < 1.29 is 9.53 Å². The van der Waals surface area contributed by atoms with Crippen molar-refractivity contribution in [2.24, 2.45) is 0 Å². The summed E-state index contributed by atoms with van der Waals surface area (Å²) in [5, 5.41) is 11.4. The number of benzene rings is 2. The first-order valence-electron chi connectivity index (χ1n) is 8.75. The summed E-state index contributed by atoms with van der Waals surface area (Å²) in [6, 6.07) is 17.8. The number of amides is 1. The van der Waals surface area contributed by atoms with Crippen LogP contribution in [-0.2, 0) is 16.1 Å². The zero-order valence-electron chi connectivity index (χ0n) is 14.3. The second-order valence-corrected chi connectivity index (χ2v) is 6.36. The highest BCUT2D eigenvalue weighted by Gasteiger charge is 2.23. The van der Waals surface area contributed by atoms with Crippen LogP contribution >= 0.6 is 0 Å². The molecule has 1 aliphatic rings. The van der Waals surface area contributed by atoms with Crippen molar-refractivity contribution in [2.75, 3.05) is 11.9 Å². The number of nitrogens with zero attached hydrogens (tertiary/aromatic N) is 3. The van der Waals surface area contributed by atoms with Crippen molar-refractivity contribution in [1.29, 1.82) is 0 Å². The van der Waals surface area contributed by atoms with Crippen LogP contribution in [0.5, 0.6) is 0 Å². The molecule has 2 aromatic carbocycles. The minimum absolute atomic E-state index is 0.0904. The Labute approximate surface area is 151 Å². The summed E-state index contributed by atoms with van der Waals surface area (Å²) < 4.78 is 7.23. The van der Waals surface area contributed by atoms with E-state index in [-0.39, 0.29) is 12.0 Å². The minimum atomic E-state index is -0.342. The Morgan fingerprint density at radius 2 is 2.08 bits per heavy atom. The van der Waals surface area contributed by atoms with Crippen molar-refractivity contribution in [1.82, 2.24) is 15.0 Å². The zero-order valence-corrected chi connectivity index (χ0v) is 14.3. The van der Waals surface area contributed by atoms with Gasteiger partial charge in [-0.3, -0.25) is 4.79 Å². The Balaban J connectivity index is 1.47. The number of ether oxygens (including phenoxy) is 1. The number of rotatable bonds is 5. The van der Waals surface area contributed by atoms with Gasteiger partial charge in [-0.1, -0.05) is 47.7 Å². The Hall–Kier alpha value is -2.99. The normalized spacial score (nSPS) is 16.5. The minimum Gasteiger partial charge on any atom is -0.368 e. The van der Waals surface area contributed by atoms with Gasteiger partial charge in [0.15, 0.2) is 0 Å². The van der Waals surface area contributed by atoms with Crippen LogP contribution in [0.2, 0.25) is 0 Å². The molecule has 6 heteroatoms. The van der Waals surface area contributed by atoms with Crippen LogP contribution < -0.4 is 5.32 Å². The van der Waals surface area contributed by atoms with Crippen LogP contribution in [0.25, 0.3) is 11.3 Å². The van der Waals surface area contributed by atoms with Gasteiger partial charge >= 0.3 is 0 Å². The SMILES string of the molecule is O=C(Nc1cccc(-c2cn(Cc3ccccc3)nn2)c1)[C@@H]1CCCO1. The van der Waals surface area contributed by atoms with Crippen molar-refractivity contribution >= 4 is 11.6 Å². The Kier molecular flexibility index (Phi) is 4.75. The molecule has 0 radical (unpaired) electrons. The lowest BCUT2D eigenvalue weighted by molar-refractivity contribution is -0.124. The third-order valence-electron chi connectivity index (χ3n) is 4.37. The largest absolute Gasteiger partial charge is 0.368 e. The molecule has 1 amide bonds. The van der Waals surface area contributed by atoms with Gasteiger partial charge in [-0.05, 0) is 30.5 Å². The number of hydrogen-bond acceptors (Lipinski definition) is 4. The third-order valence-corrected chi connectivity index (χ3v) is 4.37. The van der Waals surface area contributed by atoms with Crippen LogP contribution in [0.4, 0.5) is 5.69 Å². The van der Waals surface area contributed by atoms with Gasteiger partial charge in [0, 0.05) is 17.9 Å². The van der Waals surface area contributed by atoms with Gasteiger partial charge in [-0.15, -0.1) is 5.10 Å². The van der Waals surface area contributed by atoms with Crippen LogP contribution in [0, 0.1) is 0 Å². The average Bonchev–Trinajstić information content (AvgIpc) is 3.35. The molecule has 132 valence electrons. The highest BCUT2D eigenvalue weighted by atomic mass is 16.5. The van der Waals surface area contributed by atoms with Crippen molar-refractivity contribution in [3.8, 4) is 11.3 Å². The molecule has 1 aliphatic heterocycles. The molecule has 1 aromatic heterocycles. The quantitative estimate of drug-likeness (QED) is 0.769. The summed E-state index contributed by atoms with van der Waals surface area (Å²) >= 11 is 0. The van der Waals surface area contributed by atoms with E-state index in [2.05, 4.69) is 27.8 Å². The maximum atomic E-state index is 12.2. The maximum absolute atomic E-state index is 12.2. The van der Waals surface area contributed by atoms with Gasteiger partial charge in [0.25, 0.3) is 5.91 Å². The number of anilines is 1. The van der Waals surface area contributed by atoms with E-state index < -0.39 is 0 Å². The summed E-state index contributed by atoms with van der Waals surface area (Å²) in [5.41, 5.74) is 3.59. The fourth-order valence-corrected chi connectivity index (χ4v) is 3.04. The first-order chi connectivity index (χ1) is 12.8. The predicted octanol–water partition coefficient (Wildman–Crippen LogP) is 3.11. The topological polar surface area (TPSA) is 69.0 Å². The molecular weight excluding hydrogens is 328 g/mol. The van der Waals surface area contributed by atoms with Gasteiger partial charge in [-0.25, -0.2) is 4.68 Å². The van der Waals surface area contributed by atoms with E-state index in [1.165, 1.54) is 5.56 Å². The molecule has 6 nitrogen and oxygen atoms in total. The first-order valence-corrected chi connectivity index (χ1v) is 8.75. The molecule has 0 saturated carbocycles. The molecule has 2 heterocycles. The average molecular weight is 348 g/mol. The second-order valence-electron chi connectivity index (χ2n) is 6.36. The standard InChI is InChI=1S/C20H20N4O2/c25-20(19-10-5-11-26-19)21-17-9-4-8-16(12-17)18-14-24(23-22-18)13-15-6-2-1-3-7-15/h1-4,6-9,12,14,19H,5,10-11,13H2,(H,21,25)/t19-/m0/s1. The number of nitrogens with one attached hydrogen (secondary N) is 1. The van der Waals surface area contributed by atoms with Gasteiger partial charge < -0.3 is 10.1 Å². The van der Waals surface area contributed by atoms with E-state index in [9.17, 15) is 4.79 Å². The lowest BCUT2D eigenvalue weighted by Crippen LogP contribution is -2.26. The zero-order chi connectivity index (χ0) is 17.8. The molecule has 0 bridgehead atoms. The summed E-state index contributed by atoms with van der Waals surface area (Å²) in [4.78, 5) is 12.2. The monoisotopic (exact) mass is 348 g/mol. The molecule has 3 aromatic rings. The van der Waals surface area contributed by atoms with Crippen LogP contribution in [0.3, 0.4) is 0 Å². The van der Waals surface area contributed by atoms with Crippen LogP contribution in [0.15, 0.2) is 60.8 Å². The van der Waals surface area contributed by atoms with E-state index in [1.54, 1.807) is 0 Å². The fourth-order valence-electron chi connectivity index (χ4n) is 3.04. The molecule has 26 heavy (non-hydrogen) atoms. The number of hydrogen-bond donors (Lipinski definition) is 1. The van der Waals surface area contributed by atoms with Gasteiger partial charge in [-0.2, -0.15) is 0 Å². The van der Waals surface area contributed by atoms with Crippen LogP contribution in [-0.4, -0.2) is 33.6 Å². The maximum Gasteiger partial charge on any atom is 0.253 e. The molecule has 4 rings (SSSR count). The van der Waals surface area contributed by atoms with Crippen molar-refractivity contribution in [2.45, 2.75) is 25.5 Å². The number of aromatic nitrogens is 3. The van der Waals surface area contributed by atoms with Crippen molar-refractivity contribution in [3.63, 3.8) is 0 Å². The summed E-state index contributed by atoms with van der Waals surface area (Å²) in [6.45, 7) is 1.33. The highest BCUT2D eigenvalue weighted by molar-refractivity contribution is 5.94. The second kappa shape index (κ2) is 7.49. The molecule has 1 fully saturated rings. The van der Waals surface area contributed by atoms with E-state index in [1.807, 2.05) is 53.3 Å². The van der Waals surface area contributed by atoms with Crippen LogP contribution in [0.1, 0.15) is 18.4 Å². The Morgan fingerprint density at radius 3 is 2.88 bits per heavy atom.